The van der Waals surface area contributed by atoms with Crippen LogP contribution in [-0.2, 0) is 9.53 Å². The molecule has 1 aliphatic heterocycles. The highest BCUT2D eigenvalue weighted by molar-refractivity contribution is 5.71. The van der Waals surface area contributed by atoms with Gasteiger partial charge in [0.25, 0.3) is 0 Å². The Morgan fingerprint density at radius 1 is 1.00 bits per heavy atom. The van der Waals surface area contributed by atoms with E-state index in [9.17, 15) is 4.79 Å². The number of rotatable bonds is 12. The molecule has 116 valence electrons. The highest BCUT2D eigenvalue weighted by Crippen LogP contribution is 2.19. The molecule has 0 unspecified atom stereocenters. The molecule has 1 saturated heterocycles. The molecule has 2 heteroatoms. The first-order valence-electron chi connectivity index (χ1n) is 8.67. The van der Waals surface area contributed by atoms with E-state index in [1.165, 1.54) is 64.2 Å². The predicted molar refractivity (Wildman–Crippen MR) is 84.7 cm³/mol. The van der Waals surface area contributed by atoms with Gasteiger partial charge in [0.05, 0.1) is 0 Å². The van der Waals surface area contributed by atoms with E-state index in [0.29, 0.717) is 6.42 Å². The summed E-state index contributed by atoms with van der Waals surface area (Å²) in [6, 6.07) is 0. The van der Waals surface area contributed by atoms with Gasteiger partial charge in [-0.25, -0.2) is 0 Å². The minimum Gasteiger partial charge on any atom is -0.462 e. The van der Waals surface area contributed by atoms with Gasteiger partial charge in [-0.1, -0.05) is 51.2 Å². The van der Waals surface area contributed by atoms with Crippen LogP contribution in [0.1, 0.15) is 90.4 Å². The van der Waals surface area contributed by atoms with Crippen molar-refractivity contribution >= 4 is 5.97 Å². The Kier molecular flexibility index (Phi) is 10.3. The molecule has 0 saturated carbocycles. The minimum atomic E-state index is -0.00571. The summed E-state index contributed by atoms with van der Waals surface area (Å²) in [6.45, 7) is 2.26. The normalized spacial score (nSPS) is 18.9. The topological polar surface area (TPSA) is 26.3 Å². The van der Waals surface area contributed by atoms with Gasteiger partial charge in [-0.15, -0.1) is 0 Å². The van der Waals surface area contributed by atoms with Gasteiger partial charge in [0, 0.05) is 6.42 Å². The van der Waals surface area contributed by atoms with E-state index >= 15 is 0 Å². The van der Waals surface area contributed by atoms with Crippen LogP contribution < -0.4 is 0 Å². The lowest BCUT2D eigenvalue weighted by atomic mass is 10.1. The average Bonchev–Trinajstić information content (AvgIpc) is 2.86. The molecule has 0 radical (unpaired) electrons. The van der Waals surface area contributed by atoms with Gasteiger partial charge in [0.15, 0.2) is 0 Å². The predicted octanol–water partition coefficient (Wildman–Crippen LogP) is 5.56. The molecule has 1 rings (SSSR count). The fourth-order valence-electron chi connectivity index (χ4n) is 2.70. The average molecular weight is 280 g/mol. The van der Waals surface area contributed by atoms with Crippen molar-refractivity contribution < 1.29 is 9.53 Å². The molecule has 0 aromatic carbocycles. The second-order valence-electron chi connectivity index (χ2n) is 5.96. The summed E-state index contributed by atoms with van der Waals surface area (Å²) in [6.07, 6.45) is 20.6. The summed E-state index contributed by atoms with van der Waals surface area (Å²) in [7, 11) is 0. The molecular weight excluding hydrogens is 248 g/mol. The Balaban J connectivity index is 1.79. The standard InChI is InChI=1S/C18H32O2/c1-2-3-4-5-6-7-8-9-10-11-12-13-14-17-15-16-18(19)20-17/h9-10,17H,2-8,11-16H2,1H3/t17-/m1/s1. The van der Waals surface area contributed by atoms with Crippen LogP contribution in [0.25, 0.3) is 0 Å². The zero-order chi connectivity index (χ0) is 14.5. The van der Waals surface area contributed by atoms with Gasteiger partial charge >= 0.3 is 5.97 Å². The first kappa shape index (κ1) is 17.3. The van der Waals surface area contributed by atoms with Crippen LogP contribution >= 0.6 is 0 Å². The third kappa shape index (κ3) is 9.17. The largest absolute Gasteiger partial charge is 0.462 e. The lowest BCUT2D eigenvalue weighted by Crippen LogP contribution is -2.05. The van der Waals surface area contributed by atoms with Crippen LogP contribution in [0.4, 0.5) is 0 Å². The fourth-order valence-corrected chi connectivity index (χ4v) is 2.70. The van der Waals surface area contributed by atoms with Crippen molar-refractivity contribution in [1.29, 1.82) is 0 Å². The SMILES string of the molecule is CCCCCCCCC=CCCCC[C@@H]1CCC(=O)O1. The van der Waals surface area contributed by atoms with Gasteiger partial charge in [0.2, 0.25) is 0 Å². The molecule has 1 aliphatic rings. The zero-order valence-corrected chi connectivity index (χ0v) is 13.2. The van der Waals surface area contributed by atoms with E-state index in [0.717, 1.165) is 12.8 Å². The Morgan fingerprint density at radius 3 is 2.30 bits per heavy atom. The van der Waals surface area contributed by atoms with Crippen molar-refractivity contribution in [3.63, 3.8) is 0 Å². The van der Waals surface area contributed by atoms with Crippen LogP contribution in [-0.4, -0.2) is 12.1 Å². The molecule has 1 atom stereocenters. The van der Waals surface area contributed by atoms with Gasteiger partial charge in [0.1, 0.15) is 6.10 Å². The first-order chi connectivity index (χ1) is 9.83. The summed E-state index contributed by atoms with van der Waals surface area (Å²) in [5.41, 5.74) is 0. The maximum Gasteiger partial charge on any atom is 0.306 e. The molecule has 0 amide bonds. The van der Waals surface area contributed by atoms with E-state index < -0.39 is 0 Å². The smallest absolute Gasteiger partial charge is 0.306 e. The molecule has 0 N–H and O–H groups in total. The zero-order valence-electron chi connectivity index (χ0n) is 13.2. The summed E-state index contributed by atoms with van der Waals surface area (Å²) in [5.74, 6) is -0.00571. The maximum absolute atomic E-state index is 10.9. The monoisotopic (exact) mass is 280 g/mol. The highest BCUT2D eigenvalue weighted by Gasteiger charge is 2.22. The van der Waals surface area contributed by atoms with Crippen molar-refractivity contribution in [2.75, 3.05) is 0 Å². The van der Waals surface area contributed by atoms with Crippen molar-refractivity contribution in [2.24, 2.45) is 0 Å². The molecule has 0 aliphatic carbocycles. The first-order valence-corrected chi connectivity index (χ1v) is 8.67. The van der Waals surface area contributed by atoms with Crippen molar-refractivity contribution in [1.82, 2.24) is 0 Å². The third-order valence-corrected chi connectivity index (χ3v) is 4.01. The molecule has 0 aromatic rings. The lowest BCUT2D eigenvalue weighted by Gasteiger charge is -2.07. The maximum atomic E-state index is 10.9. The fraction of sp³-hybridized carbons (Fsp3) is 0.833. The second kappa shape index (κ2) is 12.0. The van der Waals surface area contributed by atoms with Gasteiger partial charge in [-0.05, 0) is 44.9 Å². The van der Waals surface area contributed by atoms with Crippen LogP contribution in [0.2, 0.25) is 0 Å². The molecule has 20 heavy (non-hydrogen) atoms. The molecule has 1 heterocycles. The van der Waals surface area contributed by atoms with Crippen LogP contribution in [0.15, 0.2) is 12.2 Å². The number of carbonyl (C=O) groups excluding carboxylic acids is 1. The Bertz CT molecular complexity index is 271. The van der Waals surface area contributed by atoms with E-state index in [1.54, 1.807) is 0 Å². The number of carbonyl (C=O) groups is 1. The quantitative estimate of drug-likeness (QED) is 0.266. The van der Waals surface area contributed by atoms with Crippen molar-refractivity contribution in [3.05, 3.63) is 12.2 Å². The highest BCUT2D eigenvalue weighted by atomic mass is 16.5. The van der Waals surface area contributed by atoms with Crippen molar-refractivity contribution in [2.45, 2.75) is 96.5 Å². The number of cyclic esters (lactones) is 1. The lowest BCUT2D eigenvalue weighted by molar-refractivity contribution is -0.141. The number of ether oxygens (including phenoxy) is 1. The van der Waals surface area contributed by atoms with Crippen molar-refractivity contribution in [3.8, 4) is 0 Å². The van der Waals surface area contributed by atoms with E-state index in [4.69, 9.17) is 4.74 Å². The van der Waals surface area contributed by atoms with E-state index in [2.05, 4.69) is 19.1 Å². The van der Waals surface area contributed by atoms with Gasteiger partial charge in [-0.2, -0.15) is 0 Å². The van der Waals surface area contributed by atoms with E-state index in [-0.39, 0.29) is 12.1 Å². The van der Waals surface area contributed by atoms with Crippen LogP contribution in [0.5, 0.6) is 0 Å². The Labute approximate surface area is 125 Å². The Morgan fingerprint density at radius 2 is 1.65 bits per heavy atom. The number of hydrogen-bond donors (Lipinski definition) is 0. The minimum absolute atomic E-state index is 0.00571. The molecule has 0 bridgehead atoms. The van der Waals surface area contributed by atoms with Crippen LogP contribution in [0, 0.1) is 0 Å². The summed E-state index contributed by atoms with van der Waals surface area (Å²) in [4.78, 5) is 10.9. The molecule has 1 fully saturated rings. The number of allylic oxidation sites excluding steroid dienone is 2. The summed E-state index contributed by atoms with van der Waals surface area (Å²) >= 11 is 0. The molecular formula is C18H32O2. The second-order valence-corrected chi connectivity index (χ2v) is 5.96. The molecule has 0 spiro atoms. The number of unbranched alkanes of at least 4 members (excludes halogenated alkanes) is 8. The molecule has 2 nitrogen and oxygen atoms in total. The Hall–Kier alpha value is -0.790. The number of hydrogen-bond acceptors (Lipinski definition) is 2. The summed E-state index contributed by atoms with van der Waals surface area (Å²) < 4.78 is 5.20. The van der Waals surface area contributed by atoms with E-state index in [1.807, 2.05) is 0 Å². The van der Waals surface area contributed by atoms with Gasteiger partial charge < -0.3 is 4.74 Å². The summed E-state index contributed by atoms with van der Waals surface area (Å²) in [5, 5.41) is 0. The number of esters is 1. The van der Waals surface area contributed by atoms with Crippen LogP contribution in [0.3, 0.4) is 0 Å². The van der Waals surface area contributed by atoms with Gasteiger partial charge in [-0.3, -0.25) is 4.79 Å². The molecule has 0 aromatic heterocycles. The third-order valence-electron chi connectivity index (χ3n) is 4.01.